The molecule has 0 aliphatic heterocycles. The molecule has 3 aromatic rings. The predicted molar refractivity (Wildman–Crippen MR) is 86.7 cm³/mol. The maximum atomic E-state index is 13.3. The van der Waals surface area contributed by atoms with E-state index in [4.69, 9.17) is 0 Å². The van der Waals surface area contributed by atoms with Crippen LogP contribution in [-0.4, -0.2) is 29.1 Å². The van der Waals surface area contributed by atoms with Crippen LogP contribution in [0.4, 0.5) is 23.2 Å². The van der Waals surface area contributed by atoms with Crippen LogP contribution >= 0.6 is 11.3 Å². The molecule has 0 fully saturated rings. The van der Waals surface area contributed by atoms with Crippen molar-refractivity contribution in [3.63, 3.8) is 0 Å². The summed E-state index contributed by atoms with van der Waals surface area (Å²) in [6.45, 7) is -0.135. The van der Waals surface area contributed by atoms with E-state index >= 15 is 0 Å². The maximum Gasteiger partial charge on any atom is 0.501 e. The molecule has 0 aliphatic rings. The van der Waals surface area contributed by atoms with E-state index in [1.807, 2.05) is 5.38 Å². The number of anilines is 1. The van der Waals surface area contributed by atoms with Gasteiger partial charge in [-0.2, -0.15) is 18.3 Å². The minimum Gasteiger partial charge on any atom is -0.377 e. The van der Waals surface area contributed by atoms with E-state index in [0.29, 0.717) is 11.9 Å². The zero-order chi connectivity index (χ0) is 18.9. The Morgan fingerprint density at radius 2 is 2.00 bits per heavy atom. The number of sulfone groups is 1. The van der Waals surface area contributed by atoms with Crippen LogP contribution in [0, 0.1) is 5.82 Å². The molecule has 0 amide bonds. The molecular formula is C14H10F4N4O2S2. The Morgan fingerprint density at radius 1 is 1.23 bits per heavy atom. The van der Waals surface area contributed by atoms with Crippen molar-refractivity contribution in [2.75, 3.05) is 5.32 Å². The standard InChI is InChI=1S/C14H10F4N4O2S2/c15-8-3-4-9(11(6-8)26(23,24)14(16,17)18)19-7-12-20-13(22-21-12)10-2-1-5-25-10/h1-6,19H,7H2,(H,20,21,22). The third-order valence-electron chi connectivity index (χ3n) is 3.26. The van der Waals surface area contributed by atoms with Gasteiger partial charge in [-0.05, 0) is 29.6 Å². The second-order valence-electron chi connectivity index (χ2n) is 5.03. The van der Waals surface area contributed by atoms with Gasteiger partial charge in [-0.3, -0.25) is 5.10 Å². The molecule has 26 heavy (non-hydrogen) atoms. The van der Waals surface area contributed by atoms with Crippen LogP contribution in [-0.2, 0) is 16.4 Å². The van der Waals surface area contributed by atoms with Crippen molar-refractivity contribution in [1.29, 1.82) is 0 Å². The van der Waals surface area contributed by atoms with Crippen molar-refractivity contribution < 1.29 is 26.0 Å². The lowest BCUT2D eigenvalue weighted by atomic mass is 10.3. The summed E-state index contributed by atoms with van der Waals surface area (Å²) >= 11 is 1.40. The summed E-state index contributed by atoms with van der Waals surface area (Å²) in [7, 11) is -5.71. The molecule has 12 heteroatoms. The maximum absolute atomic E-state index is 13.3. The van der Waals surface area contributed by atoms with Crippen LogP contribution < -0.4 is 5.32 Å². The normalized spacial score (nSPS) is 12.3. The van der Waals surface area contributed by atoms with E-state index in [1.165, 1.54) is 11.3 Å². The molecule has 0 unspecified atom stereocenters. The van der Waals surface area contributed by atoms with E-state index < -0.39 is 31.7 Å². The zero-order valence-electron chi connectivity index (χ0n) is 12.7. The van der Waals surface area contributed by atoms with E-state index in [9.17, 15) is 26.0 Å². The van der Waals surface area contributed by atoms with Crippen molar-refractivity contribution in [1.82, 2.24) is 15.2 Å². The van der Waals surface area contributed by atoms with Crippen molar-refractivity contribution >= 4 is 26.9 Å². The number of aromatic nitrogens is 3. The Bertz CT molecular complexity index is 1010. The van der Waals surface area contributed by atoms with Gasteiger partial charge in [0.2, 0.25) is 0 Å². The fourth-order valence-corrected chi connectivity index (χ4v) is 3.66. The fourth-order valence-electron chi connectivity index (χ4n) is 2.06. The first kappa shape index (κ1) is 18.3. The minimum absolute atomic E-state index is 0.135. The van der Waals surface area contributed by atoms with Gasteiger partial charge >= 0.3 is 5.51 Å². The number of rotatable bonds is 5. The van der Waals surface area contributed by atoms with Crippen molar-refractivity contribution in [2.45, 2.75) is 16.9 Å². The lowest BCUT2D eigenvalue weighted by Gasteiger charge is -2.13. The lowest BCUT2D eigenvalue weighted by molar-refractivity contribution is -0.0435. The quantitative estimate of drug-likeness (QED) is 0.633. The summed E-state index contributed by atoms with van der Waals surface area (Å²) < 4.78 is 74.9. The summed E-state index contributed by atoms with van der Waals surface area (Å²) in [6, 6.07) is 5.70. The molecule has 3 rings (SSSR count). The number of thiophene rings is 1. The van der Waals surface area contributed by atoms with E-state index in [0.717, 1.165) is 17.0 Å². The summed E-state index contributed by atoms with van der Waals surface area (Å²) in [5.74, 6) is -0.426. The van der Waals surface area contributed by atoms with Crippen LogP contribution in [0.25, 0.3) is 10.7 Å². The molecule has 2 heterocycles. The van der Waals surface area contributed by atoms with E-state index in [-0.39, 0.29) is 12.4 Å². The van der Waals surface area contributed by atoms with Crippen LogP contribution in [0.2, 0.25) is 0 Å². The topological polar surface area (TPSA) is 87.7 Å². The van der Waals surface area contributed by atoms with Crippen LogP contribution in [0.3, 0.4) is 0 Å². The summed E-state index contributed by atoms with van der Waals surface area (Å²) in [6.07, 6.45) is 0. The summed E-state index contributed by atoms with van der Waals surface area (Å²) in [4.78, 5) is 3.76. The first-order valence-electron chi connectivity index (χ1n) is 6.98. The van der Waals surface area contributed by atoms with Gasteiger partial charge in [0, 0.05) is 0 Å². The highest BCUT2D eigenvalue weighted by molar-refractivity contribution is 7.92. The molecule has 0 radical (unpaired) electrons. The Balaban J connectivity index is 1.85. The number of hydrogen-bond acceptors (Lipinski definition) is 6. The monoisotopic (exact) mass is 406 g/mol. The molecule has 138 valence electrons. The summed E-state index contributed by atoms with van der Waals surface area (Å²) in [5, 5.41) is 10.9. The SMILES string of the molecule is O=S(=O)(c1cc(F)ccc1NCc1nc(-c2cccs2)n[nH]1)C(F)(F)F. The van der Waals surface area contributed by atoms with Gasteiger partial charge in [0.15, 0.2) is 5.82 Å². The number of H-pyrrole nitrogens is 1. The van der Waals surface area contributed by atoms with E-state index in [2.05, 4.69) is 20.5 Å². The Morgan fingerprint density at radius 3 is 2.65 bits per heavy atom. The van der Waals surface area contributed by atoms with Crippen LogP contribution in [0.5, 0.6) is 0 Å². The van der Waals surface area contributed by atoms with Crippen molar-refractivity contribution in [3.05, 3.63) is 47.4 Å². The Hall–Kier alpha value is -2.47. The fraction of sp³-hybridized carbons (Fsp3) is 0.143. The van der Waals surface area contributed by atoms with Gasteiger partial charge in [0.25, 0.3) is 9.84 Å². The average molecular weight is 406 g/mol. The first-order valence-corrected chi connectivity index (χ1v) is 9.35. The largest absolute Gasteiger partial charge is 0.501 e. The molecule has 0 spiro atoms. The highest BCUT2D eigenvalue weighted by atomic mass is 32.2. The molecule has 0 bridgehead atoms. The number of alkyl halides is 3. The van der Waals surface area contributed by atoms with Crippen molar-refractivity contribution in [3.8, 4) is 10.7 Å². The molecular weight excluding hydrogens is 396 g/mol. The first-order chi connectivity index (χ1) is 12.2. The van der Waals surface area contributed by atoms with Gasteiger partial charge < -0.3 is 5.32 Å². The smallest absolute Gasteiger partial charge is 0.377 e. The minimum atomic E-state index is -5.71. The highest BCUT2D eigenvalue weighted by Gasteiger charge is 2.48. The van der Waals surface area contributed by atoms with Gasteiger partial charge in [-0.25, -0.2) is 17.8 Å². The second-order valence-corrected chi connectivity index (χ2v) is 7.88. The summed E-state index contributed by atoms with van der Waals surface area (Å²) in [5.41, 5.74) is -5.94. The molecule has 0 atom stereocenters. The second kappa shape index (κ2) is 6.68. The van der Waals surface area contributed by atoms with Gasteiger partial charge in [0.05, 0.1) is 17.1 Å². The number of nitrogens with one attached hydrogen (secondary N) is 2. The number of hydrogen-bond donors (Lipinski definition) is 2. The molecule has 0 aliphatic carbocycles. The molecule has 2 N–H and O–H groups in total. The molecule has 1 aromatic carbocycles. The number of nitrogens with zero attached hydrogens (tertiary/aromatic N) is 2. The third kappa shape index (κ3) is 3.55. The Kier molecular flexibility index (Phi) is 4.71. The molecule has 0 saturated heterocycles. The number of aromatic amines is 1. The van der Waals surface area contributed by atoms with Crippen molar-refractivity contribution in [2.24, 2.45) is 0 Å². The molecule has 0 saturated carbocycles. The van der Waals surface area contributed by atoms with Crippen LogP contribution in [0.15, 0.2) is 40.6 Å². The molecule has 2 aromatic heterocycles. The number of benzene rings is 1. The Labute approximate surface area is 148 Å². The highest BCUT2D eigenvalue weighted by Crippen LogP contribution is 2.35. The lowest BCUT2D eigenvalue weighted by Crippen LogP contribution is -2.24. The van der Waals surface area contributed by atoms with Gasteiger partial charge in [0.1, 0.15) is 16.5 Å². The van der Waals surface area contributed by atoms with Crippen LogP contribution in [0.1, 0.15) is 5.82 Å². The van der Waals surface area contributed by atoms with Gasteiger partial charge in [-0.15, -0.1) is 11.3 Å². The average Bonchev–Trinajstić information content (AvgIpc) is 3.23. The predicted octanol–water partition coefficient (Wildman–Crippen LogP) is 3.58. The molecule has 6 nitrogen and oxygen atoms in total. The van der Waals surface area contributed by atoms with Gasteiger partial charge in [-0.1, -0.05) is 6.07 Å². The third-order valence-corrected chi connectivity index (χ3v) is 5.65. The van der Waals surface area contributed by atoms with E-state index in [1.54, 1.807) is 12.1 Å². The zero-order valence-corrected chi connectivity index (χ0v) is 14.3. The number of halogens is 4.